The van der Waals surface area contributed by atoms with Crippen molar-refractivity contribution < 1.29 is 9.59 Å². The van der Waals surface area contributed by atoms with Gasteiger partial charge in [0.15, 0.2) is 0 Å². The summed E-state index contributed by atoms with van der Waals surface area (Å²) in [6.07, 6.45) is 1.74. The van der Waals surface area contributed by atoms with Crippen molar-refractivity contribution >= 4 is 28.8 Å². The number of para-hydroxylation sites is 1. The van der Waals surface area contributed by atoms with Crippen LogP contribution >= 0.6 is 11.3 Å². The Morgan fingerprint density at radius 2 is 1.70 bits per heavy atom. The quantitative estimate of drug-likeness (QED) is 0.519. The lowest BCUT2D eigenvalue weighted by Gasteiger charge is -2.11. The maximum atomic E-state index is 13.1. The minimum Gasteiger partial charge on any atom is -0.345 e. The van der Waals surface area contributed by atoms with Crippen LogP contribution in [0.2, 0.25) is 0 Å². The smallest absolute Gasteiger partial charge is 0.259 e. The summed E-state index contributed by atoms with van der Waals surface area (Å²) >= 11 is 1.53. The van der Waals surface area contributed by atoms with E-state index in [0.29, 0.717) is 22.5 Å². The Hall–Kier alpha value is -3.71. The summed E-state index contributed by atoms with van der Waals surface area (Å²) in [5.41, 5.74) is 3.16. The third-order valence-electron chi connectivity index (χ3n) is 4.53. The van der Waals surface area contributed by atoms with Crippen LogP contribution in [-0.2, 0) is 0 Å². The van der Waals surface area contributed by atoms with Crippen LogP contribution in [0.15, 0.2) is 78.3 Å². The summed E-state index contributed by atoms with van der Waals surface area (Å²) in [7, 11) is 3.41. The van der Waals surface area contributed by atoms with E-state index < -0.39 is 0 Å². The molecule has 2 aromatic carbocycles. The van der Waals surface area contributed by atoms with Crippen LogP contribution < -0.4 is 5.32 Å². The summed E-state index contributed by atoms with van der Waals surface area (Å²) in [5.74, 6) is -0.343. The average molecular weight is 417 g/mol. The van der Waals surface area contributed by atoms with Gasteiger partial charge in [0.05, 0.1) is 16.1 Å². The van der Waals surface area contributed by atoms with E-state index in [-0.39, 0.29) is 11.8 Å². The van der Waals surface area contributed by atoms with Crippen LogP contribution in [0.1, 0.15) is 20.7 Å². The number of thiophene rings is 1. The van der Waals surface area contributed by atoms with Gasteiger partial charge in [0.25, 0.3) is 11.8 Å². The Morgan fingerprint density at radius 1 is 0.967 bits per heavy atom. The standard InChI is InChI=1S/C23H20N4O2S/c1-26(2)23(29)16-10-12-17(13-11-16)24-22(28)19-15-27(18-7-4-3-5-8-18)25-21(19)20-9-6-14-30-20/h3-15H,1-2H3,(H,24,28). The summed E-state index contributed by atoms with van der Waals surface area (Å²) in [5, 5.41) is 9.52. The average Bonchev–Trinajstić information content (AvgIpc) is 3.44. The molecule has 4 rings (SSSR count). The first-order valence-corrected chi connectivity index (χ1v) is 10.2. The maximum Gasteiger partial charge on any atom is 0.259 e. The predicted octanol–water partition coefficient (Wildman–Crippen LogP) is 4.55. The first-order valence-electron chi connectivity index (χ1n) is 9.35. The highest BCUT2D eigenvalue weighted by molar-refractivity contribution is 7.13. The number of amides is 2. The molecule has 0 aliphatic rings. The van der Waals surface area contributed by atoms with Crippen molar-refractivity contribution in [2.24, 2.45) is 0 Å². The van der Waals surface area contributed by atoms with Gasteiger partial charge in [-0.15, -0.1) is 11.3 Å². The number of nitrogens with zero attached hydrogens (tertiary/aromatic N) is 3. The van der Waals surface area contributed by atoms with E-state index in [4.69, 9.17) is 0 Å². The summed E-state index contributed by atoms with van der Waals surface area (Å²) < 4.78 is 1.71. The van der Waals surface area contributed by atoms with Gasteiger partial charge in [-0.25, -0.2) is 4.68 Å². The van der Waals surface area contributed by atoms with Gasteiger partial charge in [0.2, 0.25) is 0 Å². The molecule has 0 fully saturated rings. The van der Waals surface area contributed by atoms with Crippen LogP contribution in [-0.4, -0.2) is 40.6 Å². The van der Waals surface area contributed by atoms with Gasteiger partial charge >= 0.3 is 0 Å². The first-order chi connectivity index (χ1) is 14.5. The lowest BCUT2D eigenvalue weighted by Crippen LogP contribution is -2.21. The Bertz CT molecular complexity index is 1160. The van der Waals surface area contributed by atoms with Crippen molar-refractivity contribution in [2.45, 2.75) is 0 Å². The van der Waals surface area contributed by atoms with Crippen molar-refractivity contribution in [1.29, 1.82) is 0 Å². The molecule has 7 heteroatoms. The van der Waals surface area contributed by atoms with Crippen molar-refractivity contribution in [3.8, 4) is 16.3 Å². The molecule has 0 aliphatic carbocycles. The molecule has 2 heterocycles. The molecule has 4 aromatic rings. The van der Waals surface area contributed by atoms with E-state index in [1.54, 1.807) is 49.2 Å². The first kappa shape index (κ1) is 19.6. The molecular formula is C23H20N4O2S. The normalized spacial score (nSPS) is 10.6. The SMILES string of the molecule is CN(C)C(=O)c1ccc(NC(=O)c2cn(-c3ccccc3)nc2-c2cccs2)cc1. The minimum absolute atomic E-state index is 0.0861. The summed E-state index contributed by atoms with van der Waals surface area (Å²) in [6, 6.07) is 20.4. The zero-order chi connectivity index (χ0) is 21.1. The van der Waals surface area contributed by atoms with E-state index in [0.717, 1.165) is 10.6 Å². The molecule has 0 radical (unpaired) electrons. The van der Waals surface area contributed by atoms with E-state index in [9.17, 15) is 9.59 Å². The van der Waals surface area contributed by atoms with Gasteiger partial charge in [-0.2, -0.15) is 5.10 Å². The molecule has 0 unspecified atom stereocenters. The van der Waals surface area contributed by atoms with Crippen molar-refractivity contribution in [1.82, 2.24) is 14.7 Å². The van der Waals surface area contributed by atoms with Gasteiger partial charge in [0.1, 0.15) is 5.69 Å². The molecule has 2 amide bonds. The van der Waals surface area contributed by atoms with Gasteiger partial charge in [-0.3, -0.25) is 9.59 Å². The van der Waals surface area contributed by atoms with E-state index in [1.165, 1.54) is 16.2 Å². The van der Waals surface area contributed by atoms with Crippen molar-refractivity contribution in [2.75, 3.05) is 19.4 Å². The molecule has 0 saturated heterocycles. The van der Waals surface area contributed by atoms with Gasteiger partial charge < -0.3 is 10.2 Å². The maximum absolute atomic E-state index is 13.1. The van der Waals surface area contributed by atoms with E-state index in [1.807, 2.05) is 47.8 Å². The molecule has 2 aromatic heterocycles. The number of carbonyl (C=O) groups excluding carboxylic acids is 2. The lowest BCUT2D eigenvalue weighted by molar-refractivity contribution is 0.0827. The van der Waals surface area contributed by atoms with Gasteiger partial charge in [-0.05, 0) is 47.8 Å². The third-order valence-corrected chi connectivity index (χ3v) is 5.41. The number of aromatic nitrogens is 2. The molecule has 30 heavy (non-hydrogen) atoms. The molecule has 0 spiro atoms. The number of benzene rings is 2. The van der Waals surface area contributed by atoms with Crippen LogP contribution in [0, 0.1) is 0 Å². The lowest BCUT2D eigenvalue weighted by atomic mass is 10.1. The van der Waals surface area contributed by atoms with Crippen LogP contribution in [0.5, 0.6) is 0 Å². The molecular weight excluding hydrogens is 396 g/mol. The fourth-order valence-electron chi connectivity index (χ4n) is 3.00. The number of hydrogen-bond acceptors (Lipinski definition) is 4. The summed E-state index contributed by atoms with van der Waals surface area (Å²) in [6.45, 7) is 0. The second-order valence-electron chi connectivity index (χ2n) is 6.88. The van der Waals surface area contributed by atoms with Crippen molar-refractivity contribution in [3.05, 3.63) is 89.4 Å². The topological polar surface area (TPSA) is 67.2 Å². The number of nitrogens with one attached hydrogen (secondary N) is 1. The largest absolute Gasteiger partial charge is 0.345 e. The zero-order valence-electron chi connectivity index (χ0n) is 16.6. The molecule has 0 atom stereocenters. The molecule has 0 aliphatic heterocycles. The Morgan fingerprint density at radius 3 is 2.33 bits per heavy atom. The molecule has 1 N–H and O–H groups in total. The number of carbonyl (C=O) groups is 2. The van der Waals surface area contributed by atoms with E-state index >= 15 is 0 Å². The highest BCUT2D eigenvalue weighted by Gasteiger charge is 2.19. The molecule has 6 nitrogen and oxygen atoms in total. The second kappa shape index (κ2) is 8.34. The van der Waals surface area contributed by atoms with Crippen LogP contribution in [0.25, 0.3) is 16.3 Å². The van der Waals surface area contributed by atoms with Crippen LogP contribution in [0.3, 0.4) is 0 Å². The fraction of sp³-hybridized carbons (Fsp3) is 0.0870. The second-order valence-corrected chi connectivity index (χ2v) is 7.83. The minimum atomic E-state index is -0.257. The van der Waals surface area contributed by atoms with Crippen molar-refractivity contribution in [3.63, 3.8) is 0 Å². The van der Waals surface area contributed by atoms with Gasteiger partial charge in [-0.1, -0.05) is 24.3 Å². The predicted molar refractivity (Wildman–Crippen MR) is 119 cm³/mol. The third kappa shape index (κ3) is 4.01. The van der Waals surface area contributed by atoms with Crippen LogP contribution in [0.4, 0.5) is 5.69 Å². The number of hydrogen-bond donors (Lipinski definition) is 1. The summed E-state index contributed by atoms with van der Waals surface area (Å²) in [4.78, 5) is 27.5. The highest BCUT2D eigenvalue weighted by Crippen LogP contribution is 2.28. The number of anilines is 1. The Balaban J connectivity index is 1.63. The monoisotopic (exact) mass is 416 g/mol. The number of rotatable bonds is 5. The molecule has 150 valence electrons. The fourth-order valence-corrected chi connectivity index (χ4v) is 3.72. The van der Waals surface area contributed by atoms with Gasteiger partial charge in [0, 0.05) is 31.5 Å². The Labute approximate surface area is 178 Å². The molecule has 0 bridgehead atoms. The zero-order valence-corrected chi connectivity index (χ0v) is 17.4. The highest BCUT2D eigenvalue weighted by atomic mass is 32.1. The Kier molecular flexibility index (Phi) is 5.45. The molecule has 0 saturated carbocycles. The van der Waals surface area contributed by atoms with E-state index in [2.05, 4.69) is 10.4 Å².